The Labute approximate surface area is 131 Å². The molecule has 2 fully saturated rings. The normalized spacial score (nSPS) is 23.0. The molecule has 1 unspecified atom stereocenters. The summed E-state index contributed by atoms with van der Waals surface area (Å²) in [6, 6.07) is 1.87. The van der Waals surface area contributed by atoms with Crippen LogP contribution in [0.4, 0.5) is 0 Å². The topological polar surface area (TPSA) is 56.6 Å². The summed E-state index contributed by atoms with van der Waals surface area (Å²) in [4.78, 5) is 14.5. The van der Waals surface area contributed by atoms with Crippen molar-refractivity contribution in [1.29, 1.82) is 0 Å². The lowest BCUT2D eigenvalue weighted by Gasteiger charge is -2.50. The molecule has 6 heteroatoms. The van der Waals surface area contributed by atoms with Crippen molar-refractivity contribution in [2.75, 3.05) is 33.4 Å². The van der Waals surface area contributed by atoms with Gasteiger partial charge in [-0.2, -0.15) is 5.10 Å². The van der Waals surface area contributed by atoms with Crippen LogP contribution in [0.25, 0.3) is 0 Å². The van der Waals surface area contributed by atoms with Crippen LogP contribution in [0.15, 0.2) is 6.07 Å². The highest BCUT2D eigenvalue weighted by atomic mass is 16.5. The van der Waals surface area contributed by atoms with E-state index >= 15 is 0 Å². The summed E-state index contributed by atoms with van der Waals surface area (Å²) in [5.41, 5.74) is 1.43. The van der Waals surface area contributed by atoms with Crippen molar-refractivity contribution in [3.63, 3.8) is 0 Å². The summed E-state index contributed by atoms with van der Waals surface area (Å²) in [7, 11) is 1.73. The lowest BCUT2D eigenvalue weighted by atomic mass is 9.79. The lowest BCUT2D eigenvalue weighted by Crippen LogP contribution is -2.66. The molecule has 6 nitrogen and oxygen atoms in total. The van der Waals surface area contributed by atoms with Gasteiger partial charge in [-0.25, -0.2) is 0 Å². The fourth-order valence-electron chi connectivity index (χ4n) is 3.67. The van der Waals surface area contributed by atoms with Crippen molar-refractivity contribution < 1.29 is 14.3 Å². The molecule has 0 saturated carbocycles. The van der Waals surface area contributed by atoms with Crippen LogP contribution >= 0.6 is 0 Å². The minimum absolute atomic E-state index is 0.0640. The summed E-state index contributed by atoms with van der Waals surface area (Å²) in [6.45, 7) is 7.56. The average Bonchev–Trinajstić information content (AvgIpc) is 3.05. The fourth-order valence-corrected chi connectivity index (χ4v) is 3.67. The van der Waals surface area contributed by atoms with Gasteiger partial charge in [-0.3, -0.25) is 9.48 Å². The number of aryl methyl sites for hydroxylation is 2. The molecule has 2 aliphatic rings. The van der Waals surface area contributed by atoms with Gasteiger partial charge in [0.25, 0.3) is 5.91 Å². The largest absolute Gasteiger partial charge is 0.385 e. The summed E-state index contributed by atoms with van der Waals surface area (Å²) >= 11 is 0. The van der Waals surface area contributed by atoms with E-state index in [2.05, 4.69) is 5.10 Å². The number of hydrogen-bond acceptors (Lipinski definition) is 4. The van der Waals surface area contributed by atoms with Gasteiger partial charge >= 0.3 is 0 Å². The minimum atomic E-state index is -0.139. The lowest BCUT2D eigenvalue weighted by molar-refractivity contribution is -0.120. The van der Waals surface area contributed by atoms with Gasteiger partial charge < -0.3 is 14.4 Å². The molecule has 0 N–H and O–H groups in total. The van der Waals surface area contributed by atoms with Crippen LogP contribution in [0.5, 0.6) is 0 Å². The smallest absolute Gasteiger partial charge is 0.272 e. The Balaban J connectivity index is 1.66. The maximum absolute atomic E-state index is 12.7. The molecule has 22 heavy (non-hydrogen) atoms. The highest BCUT2D eigenvalue weighted by molar-refractivity contribution is 5.93. The van der Waals surface area contributed by atoms with E-state index in [1.807, 2.05) is 24.8 Å². The predicted molar refractivity (Wildman–Crippen MR) is 81.8 cm³/mol. The molecule has 0 radical (unpaired) electrons. The third-order valence-corrected chi connectivity index (χ3v) is 4.90. The Morgan fingerprint density at radius 1 is 1.55 bits per heavy atom. The Bertz CT molecular complexity index is 549. The van der Waals surface area contributed by atoms with E-state index in [0.717, 1.165) is 31.7 Å². The number of hydrogen-bond donors (Lipinski definition) is 0. The molecule has 3 heterocycles. The molecule has 1 aromatic heterocycles. The third kappa shape index (κ3) is 2.54. The van der Waals surface area contributed by atoms with E-state index < -0.39 is 0 Å². The SMILES string of the molecule is CCn1nc(C)cc1C(=O)N1CC2(C1)OCCC2CCOC. The Hall–Kier alpha value is -1.40. The highest BCUT2D eigenvalue weighted by Gasteiger charge is 2.54. The summed E-state index contributed by atoms with van der Waals surface area (Å²) in [5.74, 6) is 0.559. The Morgan fingerprint density at radius 2 is 2.32 bits per heavy atom. The van der Waals surface area contributed by atoms with Crippen molar-refractivity contribution in [2.45, 2.75) is 38.8 Å². The average molecular weight is 307 g/mol. The number of nitrogens with zero attached hydrogens (tertiary/aromatic N) is 3. The van der Waals surface area contributed by atoms with Crippen LogP contribution in [0.1, 0.15) is 35.9 Å². The number of amides is 1. The first-order valence-electron chi connectivity index (χ1n) is 8.06. The quantitative estimate of drug-likeness (QED) is 0.827. The second-order valence-corrected chi connectivity index (χ2v) is 6.33. The molecule has 2 aliphatic heterocycles. The molecule has 1 amide bonds. The standard InChI is InChI=1S/C16H25N3O3/c1-4-19-14(9-12(2)17-19)15(20)18-10-16(11-18)13(5-7-21-3)6-8-22-16/h9,13H,4-8,10-11H2,1-3H3. The van der Waals surface area contributed by atoms with Gasteiger partial charge in [0.2, 0.25) is 0 Å². The highest BCUT2D eigenvalue weighted by Crippen LogP contribution is 2.42. The second kappa shape index (κ2) is 6.01. The first kappa shape index (κ1) is 15.5. The fraction of sp³-hybridized carbons (Fsp3) is 0.750. The summed E-state index contributed by atoms with van der Waals surface area (Å²) in [5, 5.41) is 4.36. The number of carbonyl (C=O) groups is 1. The zero-order valence-electron chi connectivity index (χ0n) is 13.7. The van der Waals surface area contributed by atoms with Crippen molar-refractivity contribution in [3.8, 4) is 0 Å². The minimum Gasteiger partial charge on any atom is -0.385 e. The van der Waals surface area contributed by atoms with Crippen LogP contribution in [-0.4, -0.2) is 59.6 Å². The number of aromatic nitrogens is 2. The van der Waals surface area contributed by atoms with E-state index in [-0.39, 0.29) is 11.5 Å². The van der Waals surface area contributed by atoms with E-state index in [4.69, 9.17) is 9.47 Å². The molecular formula is C16H25N3O3. The van der Waals surface area contributed by atoms with Crippen LogP contribution < -0.4 is 0 Å². The Kier molecular flexibility index (Phi) is 4.23. The van der Waals surface area contributed by atoms with Gasteiger partial charge in [-0.05, 0) is 38.7 Å². The first-order valence-corrected chi connectivity index (χ1v) is 8.06. The third-order valence-electron chi connectivity index (χ3n) is 4.90. The maximum Gasteiger partial charge on any atom is 0.272 e. The van der Waals surface area contributed by atoms with Crippen molar-refractivity contribution in [3.05, 3.63) is 17.5 Å². The number of likely N-dealkylation sites (tertiary alicyclic amines) is 1. The number of carbonyl (C=O) groups excluding carboxylic acids is 1. The van der Waals surface area contributed by atoms with Crippen LogP contribution in [-0.2, 0) is 16.0 Å². The monoisotopic (exact) mass is 307 g/mol. The van der Waals surface area contributed by atoms with Gasteiger partial charge in [0.15, 0.2) is 0 Å². The molecule has 1 spiro atoms. The van der Waals surface area contributed by atoms with Crippen molar-refractivity contribution in [1.82, 2.24) is 14.7 Å². The first-order chi connectivity index (χ1) is 10.6. The molecular weight excluding hydrogens is 282 g/mol. The van der Waals surface area contributed by atoms with Gasteiger partial charge in [-0.15, -0.1) is 0 Å². The zero-order valence-corrected chi connectivity index (χ0v) is 13.7. The summed E-state index contributed by atoms with van der Waals surface area (Å²) in [6.07, 6.45) is 2.07. The van der Waals surface area contributed by atoms with E-state index in [1.54, 1.807) is 11.8 Å². The Morgan fingerprint density at radius 3 is 3.00 bits per heavy atom. The predicted octanol–water partition coefficient (Wildman–Crippen LogP) is 1.48. The van der Waals surface area contributed by atoms with Crippen LogP contribution in [0.2, 0.25) is 0 Å². The zero-order chi connectivity index (χ0) is 15.7. The molecule has 3 rings (SSSR count). The van der Waals surface area contributed by atoms with Gasteiger partial charge in [0.05, 0.1) is 18.8 Å². The number of ether oxygens (including phenoxy) is 2. The molecule has 1 aromatic rings. The van der Waals surface area contributed by atoms with E-state index in [1.165, 1.54) is 0 Å². The molecule has 0 bridgehead atoms. The number of rotatable bonds is 5. The second-order valence-electron chi connectivity index (χ2n) is 6.33. The van der Waals surface area contributed by atoms with Crippen LogP contribution in [0.3, 0.4) is 0 Å². The molecule has 0 aliphatic carbocycles. The van der Waals surface area contributed by atoms with Gasteiger partial charge in [0.1, 0.15) is 11.3 Å². The van der Waals surface area contributed by atoms with Crippen molar-refractivity contribution >= 4 is 5.91 Å². The molecule has 0 aromatic carbocycles. The van der Waals surface area contributed by atoms with Crippen molar-refractivity contribution in [2.24, 2.45) is 5.92 Å². The van der Waals surface area contributed by atoms with Crippen LogP contribution in [0, 0.1) is 12.8 Å². The molecule has 2 saturated heterocycles. The van der Waals surface area contributed by atoms with E-state index in [9.17, 15) is 4.79 Å². The molecule has 1 atom stereocenters. The molecule has 122 valence electrons. The van der Waals surface area contributed by atoms with Gasteiger partial charge in [-0.1, -0.05) is 0 Å². The van der Waals surface area contributed by atoms with Gasteiger partial charge in [0, 0.05) is 26.9 Å². The maximum atomic E-state index is 12.7. The van der Waals surface area contributed by atoms with E-state index in [0.29, 0.717) is 31.2 Å². The number of methoxy groups -OCH3 is 1. The summed E-state index contributed by atoms with van der Waals surface area (Å²) < 4.78 is 13.0.